The van der Waals surface area contributed by atoms with Gasteiger partial charge in [0.05, 0.1) is 5.39 Å². The van der Waals surface area contributed by atoms with E-state index in [1.807, 2.05) is 5.38 Å². The third-order valence-electron chi connectivity index (χ3n) is 3.55. The first-order valence-electron chi connectivity index (χ1n) is 6.90. The highest BCUT2D eigenvalue weighted by molar-refractivity contribution is 7.17. The summed E-state index contributed by atoms with van der Waals surface area (Å²) in [4.78, 5) is 24.5. The van der Waals surface area contributed by atoms with Gasteiger partial charge in [-0.25, -0.2) is 9.37 Å². The van der Waals surface area contributed by atoms with Crippen molar-refractivity contribution >= 4 is 21.6 Å². The first kappa shape index (κ1) is 13.8. The molecule has 0 atom stereocenters. The van der Waals surface area contributed by atoms with E-state index < -0.39 is 0 Å². The smallest absolute Gasteiger partial charge is 0.260 e. The number of H-pyrrole nitrogens is 1. The lowest BCUT2D eigenvalue weighted by Gasteiger charge is -2.02. The number of hydrogen-bond donors (Lipinski definition) is 1. The molecule has 0 saturated heterocycles. The van der Waals surface area contributed by atoms with Crippen molar-refractivity contribution in [3.05, 3.63) is 70.3 Å². The topological polar surface area (TPSA) is 58.6 Å². The summed E-state index contributed by atoms with van der Waals surface area (Å²) >= 11 is 1.40. The van der Waals surface area contributed by atoms with E-state index in [4.69, 9.17) is 0 Å². The molecule has 23 heavy (non-hydrogen) atoms. The molecule has 6 heteroatoms. The Bertz CT molecular complexity index is 1040. The number of thiophene rings is 1. The zero-order valence-corrected chi connectivity index (χ0v) is 12.6. The van der Waals surface area contributed by atoms with E-state index in [9.17, 15) is 9.18 Å². The molecule has 0 amide bonds. The molecule has 4 rings (SSSR count). The summed E-state index contributed by atoms with van der Waals surface area (Å²) in [5, 5.41) is 2.40. The maximum absolute atomic E-state index is 13.1. The maximum Gasteiger partial charge on any atom is 0.260 e. The van der Waals surface area contributed by atoms with Crippen LogP contribution in [0.2, 0.25) is 0 Å². The highest BCUT2D eigenvalue weighted by atomic mass is 32.1. The summed E-state index contributed by atoms with van der Waals surface area (Å²) in [6.07, 6.45) is 3.30. The van der Waals surface area contributed by atoms with Crippen LogP contribution < -0.4 is 5.56 Å². The molecule has 0 spiro atoms. The third kappa shape index (κ3) is 2.43. The normalized spacial score (nSPS) is 11.0. The number of pyridine rings is 1. The van der Waals surface area contributed by atoms with Crippen LogP contribution in [0.1, 0.15) is 0 Å². The average molecular weight is 323 g/mol. The molecule has 0 bridgehead atoms. The maximum atomic E-state index is 13.1. The Labute approximate surface area is 134 Å². The van der Waals surface area contributed by atoms with Gasteiger partial charge in [0.2, 0.25) is 0 Å². The van der Waals surface area contributed by atoms with Gasteiger partial charge in [0.15, 0.2) is 0 Å². The number of hydrogen-bond acceptors (Lipinski definition) is 4. The number of halogens is 1. The lowest BCUT2D eigenvalue weighted by Crippen LogP contribution is -2.09. The molecular formula is C17H10FN3OS. The third-order valence-corrected chi connectivity index (χ3v) is 4.43. The van der Waals surface area contributed by atoms with Crippen molar-refractivity contribution in [1.82, 2.24) is 15.0 Å². The van der Waals surface area contributed by atoms with Crippen LogP contribution in [0.25, 0.3) is 32.7 Å². The van der Waals surface area contributed by atoms with Crippen LogP contribution in [0.15, 0.2) is 59.0 Å². The molecule has 0 unspecified atom stereocenters. The Morgan fingerprint density at radius 3 is 2.48 bits per heavy atom. The molecule has 0 aliphatic rings. The fraction of sp³-hybridized carbons (Fsp3) is 0. The van der Waals surface area contributed by atoms with Crippen molar-refractivity contribution in [2.75, 3.05) is 0 Å². The Morgan fingerprint density at radius 2 is 1.74 bits per heavy atom. The zero-order chi connectivity index (χ0) is 15.8. The molecule has 0 saturated carbocycles. The second kappa shape index (κ2) is 5.40. The first-order valence-corrected chi connectivity index (χ1v) is 7.78. The standard InChI is InChI=1S/C17H10FN3OS/c18-12-3-1-10(2-4-12)13-9-23-17-14(13)16(22)20-15(21-17)11-5-7-19-8-6-11/h1-9H,(H,20,21,22). The van der Waals surface area contributed by atoms with E-state index in [1.54, 1.807) is 36.7 Å². The van der Waals surface area contributed by atoms with Gasteiger partial charge in [0.1, 0.15) is 16.5 Å². The largest absolute Gasteiger partial charge is 0.306 e. The van der Waals surface area contributed by atoms with E-state index in [2.05, 4.69) is 15.0 Å². The number of aromatic amines is 1. The Balaban J connectivity index is 1.91. The Kier molecular flexibility index (Phi) is 3.24. The fourth-order valence-electron chi connectivity index (χ4n) is 2.44. The summed E-state index contributed by atoms with van der Waals surface area (Å²) in [6.45, 7) is 0. The average Bonchev–Trinajstić information content (AvgIpc) is 3.01. The van der Waals surface area contributed by atoms with Gasteiger partial charge in [-0.2, -0.15) is 0 Å². The second-order valence-electron chi connectivity index (χ2n) is 4.99. The summed E-state index contributed by atoms with van der Waals surface area (Å²) < 4.78 is 13.1. The van der Waals surface area contributed by atoms with Crippen LogP contribution in [-0.4, -0.2) is 15.0 Å². The number of benzene rings is 1. The van der Waals surface area contributed by atoms with Crippen molar-refractivity contribution in [3.63, 3.8) is 0 Å². The van der Waals surface area contributed by atoms with Crippen molar-refractivity contribution in [3.8, 4) is 22.5 Å². The molecule has 0 aliphatic carbocycles. The lowest BCUT2D eigenvalue weighted by molar-refractivity contribution is 0.628. The minimum Gasteiger partial charge on any atom is -0.306 e. The quantitative estimate of drug-likeness (QED) is 0.609. The van der Waals surface area contributed by atoms with Crippen LogP contribution in [0.5, 0.6) is 0 Å². The number of nitrogens with one attached hydrogen (secondary N) is 1. The predicted octanol–water partition coefficient (Wildman–Crippen LogP) is 3.85. The van der Waals surface area contributed by atoms with Crippen LogP contribution in [0.3, 0.4) is 0 Å². The van der Waals surface area contributed by atoms with E-state index >= 15 is 0 Å². The van der Waals surface area contributed by atoms with Gasteiger partial charge in [-0.15, -0.1) is 11.3 Å². The Morgan fingerprint density at radius 1 is 1.00 bits per heavy atom. The second-order valence-corrected chi connectivity index (χ2v) is 5.84. The number of fused-ring (bicyclic) bond motifs is 1. The van der Waals surface area contributed by atoms with Crippen molar-refractivity contribution in [2.24, 2.45) is 0 Å². The fourth-order valence-corrected chi connectivity index (χ4v) is 3.39. The van der Waals surface area contributed by atoms with Crippen LogP contribution in [0, 0.1) is 5.82 Å². The highest BCUT2D eigenvalue weighted by Crippen LogP contribution is 2.31. The van der Waals surface area contributed by atoms with Crippen molar-refractivity contribution in [1.29, 1.82) is 0 Å². The molecule has 0 radical (unpaired) electrons. The Hall–Kier alpha value is -2.86. The summed E-state index contributed by atoms with van der Waals surface area (Å²) in [6, 6.07) is 9.66. The van der Waals surface area contributed by atoms with E-state index in [0.717, 1.165) is 16.7 Å². The monoisotopic (exact) mass is 323 g/mol. The van der Waals surface area contributed by atoms with E-state index in [0.29, 0.717) is 16.0 Å². The van der Waals surface area contributed by atoms with Crippen molar-refractivity contribution < 1.29 is 4.39 Å². The van der Waals surface area contributed by atoms with Gasteiger partial charge in [-0.3, -0.25) is 9.78 Å². The van der Waals surface area contributed by atoms with E-state index in [1.165, 1.54) is 23.5 Å². The molecule has 4 nitrogen and oxygen atoms in total. The van der Waals surface area contributed by atoms with Gasteiger partial charge in [-0.05, 0) is 29.8 Å². The molecule has 0 aliphatic heterocycles. The number of nitrogens with zero attached hydrogens (tertiary/aromatic N) is 2. The molecule has 112 valence electrons. The molecule has 1 N–H and O–H groups in total. The molecule has 3 heterocycles. The molecule has 3 aromatic heterocycles. The number of aromatic nitrogens is 3. The predicted molar refractivity (Wildman–Crippen MR) is 88.9 cm³/mol. The minimum atomic E-state index is -0.305. The van der Waals surface area contributed by atoms with Crippen LogP contribution in [0.4, 0.5) is 4.39 Å². The van der Waals surface area contributed by atoms with Crippen LogP contribution in [-0.2, 0) is 0 Å². The molecule has 4 aromatic rings. The highest BCUT2D eigenvalue weighted by Gasteiger charge is 2.13. The molecular weight excluding hydrogens is 313 g/mol. The zero-order valence-electron chi connectivity index (χ0n) is 11.8. The van der Waals surface area contributed by atoms with E-state index in [-0.39, 0.29) is 11.4 Å². The molecule has 0 fully saturated rings. The van der Waals surface area contributed by atoms with Crippen LogP contribution >= 0.6 is 11.3 Å². The summed E-state index contributed by atoms with van der Waals surface area (Å²) in [7, 11) is 0. The van der Waals surface area contributed by atoms with Gasteiger partial charge in [0.25, 0.3) is 5.56 Å². The SMILES string of the molecule is O=c1[nH]c(-c2ccncc2)nc2scc(-c3ccc(F)cc3)c12. The van der Waals surface area contributed by atoms with Gasteiger partial charge in [0, 0.05) is 28.9 Å². The van der Waals surface area contributed by atoms with Crippen molar-refractivity contribution in [2.45, 2.75) is 0 Å². The summed E-state index contributed by atoms with van der Waals surface area (Å²) in [5.41, 5.74) is 2.15. The molecule has 1 aromatic carbocycles. The van der Waals surface area contributed by atoms with Gasteiger partial charge >= 0.3 is 0 Å². The number of rotatable bonds is 2. The minimum absolute atomic E-state index is 0.206. The van der Waals surface area contributed by atoms with Gasteiger partial charge < -0.3 is 4.98 Å². The summed E-state index contributed by atoms with van der Waals surface area (Å²) in [5.74, 6) is 0.206. The van der Waals surface area contributed by atoms with Gasteiger partial charge in [-0.1, -0.05) is 12.1 Å². The first-order chi connectivity index (χ1) is 11.2. The lowest BCUT2D eigenvalue weighted by atomic mass is 10.1.